The summed E-state index contributed by atoms with van der Waals surface area (Å²) in [5.41, 5.74) is 2.36. The lowest BCUT2D eigenvalue weighted by atomic mass is 10.0. The predicted octanol–water partition coefficient (Wildman–Crippen LogP) is 4.64. The summed E-state index contributed by atoms with van der Waals surface area (Å²) < 4.78 is 10.9. The molecule has 0 unspecified atom stereocenters. The SMILES string of the molecule is COc1ccc(C(=O)OC(c2ccccc2)c2ccccc2)cc1. The van der Waals surface area contributed by atoms with Gasteiger partial charge >= 0.3 is 5.97 Å². The van der Waals surface area contributed by atoms with Crippen LogP contribution in [0.2, 0.25) is 0 Å². The van der Waals surface area contributed by atoms with Crippen LogP contribution in [0.1, 0.15) is 27.6 Å². The van der Waals surface area contributed by atoms with Gasteiger partial charge in [0.1, 0.15) is 5.75 Å². The summed E-state index contributed by atoms with van der Waals surface area (Å²) in [6.07, 6.45) is -0.443. The first-order valence-corrected chi connectivity index (χ1v) is 7.73. The first-order valence-electron chi connectivity index (χ1n) is 7.73. The molecule has 3 rings (SSSR count). The molecule has 0 aliphatic carbocycles. The van der Waals surface area contributed by atoms with Gasteiger partial charge < -0.3 is 9.47 Å². The molecule has 3 heteroatoms. The van der Waals surface area contributed by atoms with Gasteiger partial charge in [-0.25, -0.2) is 4.79 Å². The number of carbonyl (C=O) groups excluding carboxylic acids is 1. The van der Waals surface area contributed by atoms with E-state index in [2.05, 4.69) is 0 Å². The average Bonchev–Trinajstić information content (AvgIpc) is 2.67. The summed E-state index contributed by atoms with van der Waals surface area (Å²) in [6.45, 7) is 0. The van der Waals surface area contributed by atoms with Crippen LogP contribution in [-0.4, -0.2) is 13.1 Å². The van der Waals surface area contributed by atoms with E-state index in [9.17, 15) is 4.79 Å². The van der Waals surface area contributed by atoms with Crippen molar-refractivity contribution in [3.05, 3.63) is 102 Å². The molecular formula is C21H18O3. The van der Waals surface area contributed by atoms with Crippen molar-refractivity contribution in [3.8, 4) is 5.75 Å². The smallest absolute Gasteiger partial charge is 0.339 e. The Morgan fingerprint density at radius 1 is 0.750 bits per heavy atom. The number of hydrogen-bond acceptors (Lipinski definition) is 3. The summed E-state index contributed by atoms with van der Waals surface area (Å²) in [7, 11) is 1.59. The van der Waals surface area contributed by atoms with Crippen molar-refractivity contribution in [1.82, 2.24) is 0 Å². The fraction of sp³-hybridized carbons (Fsp3) is 0.0952. The number of rotatable bonds is 5. The lowest BCUT2D eigenvalue weighted by Gasteiger charge is -2.19. The van der Waals surface area contributed by atoms with E-state index in [1.807, 2.05) is 60.7 Å². The summed E-state index contributed by atoms with van der Waals surface area (Å²) in [5.74, 6) is 0.338. The minimum atomic E-state index is -0.443. The number of ether oxygens (including phenoxy) is 2. The van der Waals surface area contributed by atoms with Crippen molar-refractivity contribution >= 4 is 5.97 Å². The fourth-order valence-electron chi connectivity index (χ4n) is 2.49. The van der Waals surface area contributed by atoms with Crippen molar-refractivity contribution in [3.63, 3.8) is 0 Å². The molecule has 0 saturated carbocycles. The molecule has 0 saturated heterocycles. The van der Waals surface area contributed by atoms with E-state index in [1.165, 1.54) is 0 Å². The van der Waals surface area contributed by atoms with Gasteiger partial charge in [0.2, 0.25) is 0 Å². The maximum atomic E-state index is 12.5. The Morgan fingerprint density at radius 2 is 1.25 bits per heavy atom. The van der Waals surface area contributed by atoms with Crippen LogP contribution in [0.15, 0.2) is 84.9 Å². The van der Waals surface area contributed by atoms with Gasteiger partial charge in [0, 0.05) is 0 Å². The largest absolute Gasteiger partial charge is 0.497 e. The van der Waals surface area contributed by atoms with Crippen LogP contribution in [0.3, 0.4) is 0 Å². The highest BCUT2D eigenvalue weighted by Crippen LogP contribution is 2.27. The normalized spacial score (nSPS) is 10.4. The van der Waals surface area contributed by atoms with Gasteiger partial charge in [0.25, 0.3) is 0 Å². The van der Waals surface area contributed by atoms with E-state index < -0.39 is 6.10 Å². The van der Waals surface area contributed by atoms with E-state index in [0.717, 1.165) is 11.1 Å². The molecule has 0 aliphatic heterocycles. The van der Waals surface area contributed by atoms with E-state index in [-0.39, 0.29) is 5.97 Å². The van der Waals surface area contributed by atoms with Crippen LogP contribution in [0.4, 0.5) is 0 Å². The molecule has 3 aromatic rings. The zero-order chi connectivity index (χ0) is 16.8. The Hall–Kier alpha value is -3.07. The number of carbonyl (C=O) groups is 1. The highest BCUT2D eigenvalue weighted by molar-refractivity contribution is 5.89. The number of hydrogen-bond donors (Lipinski definition) is 0. The maximum absolute atomic E-state index is 12.5. The third-order valence-electron chi connectivity index (χ3n) is 3.76. The van der Waals surface area contributed by atoms with E-state index in [0.29, 0.717) is 11.3 Å². The lowest BCUT2D eigenvalue weighted by Crippen LogP contribution is -2.13. The van der Waals surface area contributed by atoms with Crippen LogP contribution in [0.25, 0.3) is 0 Å². The molecule has 0 radical (unpaired) electrons. The second kappa shape index (κ2) is 7.47. The molecule has 3 aromatic carbocycles. The molecule has 0 fully saturated rings. The maximum Gasteiger partial charge on any atom is 0.339 e. The molecule has 24 heavy (non-hydrogen) atoms. The van der Waals surface area contributed by atoms with Gasteiger partial charge in [0.05, 0.1) is 12.7 Å². The number of esters is 1. The minimum Gasteiger partial charge on any atom is -0.497 e. The topological polar surface area (TPSA) is 35.5 Å². The Kier molecular flexibility index (Phi) is 4.92. The Balaban J connectivity index is 1.87. The lowest BCUT2D eigenvalue weighted by molar-refractivity contribution is 0.0378. The first kappa shape index (κ1) is 15.8. The highest BCUT2D eigenvalue weighted by atomic mass is 16.5. The molecule has 120 valence electrons. The van der Waals surface area contributed by atoms with Crippen LogP contribution in [0, 0.1) is 0 Å². The third kappa shape index (κ3) is 3.63. The second-order valence-electron chi connectivity index (χ2n) is 5.34. The zero-order valence-electron chi connectivity index (χ0n) is 13.4. The molecule has 0 N–H and O–H groups in total. The molecule has 0 aliphatic rings. The van der Waals surface area contributed by atoms with Gasteiger partial charge in [-0.1, -0.05) is 60.7 Å². The van der Waals surface area contributed by atoms with Gasteiger partial charge in [-0.3, -0.25) is 0 Å². The van der Waals surface area contributed by atoms with Crippen LogP contribution in [-0.2, 0) is 4.74 Å². The fourth-order valence-corrected chi connectivity index (χ4v) is 2.49. The molecular weight excluding hydrogens is 300 g/mol. The molecule has 3 nitrogen and oxygen atoms in total. The quantitative estimate of drug-likeness (QED) is 0.643. The predicted molar refractivity (Wildman–Crippen MR) is 93.1 cm³/mol. The van der Waals surface area contributed by atoms with Gasteiger partial charge in [-0.15, -0.1) is 0 Å². The minimum absolute atomic E-state index is 0.365. The Bertz CT molecular complexity index is 741. The Morgan fingerprint density at radius 3 is 1.71 bits per heavy atom. The van der Waals surface area contributed by atoms with Gasteiger partial charge in [-0.2, -0.15) is 0 Å². The summed E-state index contributed by atoms with van der Waals surface area (Å²) in [4.78, 5) is 12.5. The standard InChI is InChI=1S/C21H18O3/c1-23-19-14-12-18(13-15-19)21(22)24-20(16-8-4-2-5-9-16)17-10-6-3-7-11-17/h2-15,20H,1H3. The monoisotopic (exact) mass is 318 g/mol. The van der Waals surface area contributed by atoms with Gasteiger partial charge in [-0.05, 0) is 35.4 Å². The second-order valence-corrected chi connectivity index (χ2v) is 5.34. The average molecular weight is 318 g/mol. The van der Waals surface area contributed by atoms with Crippen molar-refractivity contribution in [2.75, 3.05) is 7.11 Å². The van der Waals surface area contributed by atoms with E-state index in [1.54, 1.807) is 31.4 Å². The van der Waals surface area contributed by atoms with E-state index in [4.69, 9.17) is 9.47 Å². The molecule has 0 amide bonds. The molecule has 0 heterocycles. The number of benzene rings is 3. The third-order valence-corrected chi connectivity index (χ3v) is 3.76. The Labute approximate surface area is 141 Å². The molecule has 0 spiro atoms. The summed E-state index contributed by atoms with van der Waals surface area (Å²) in [6, 6.07) is 26.4. The highest BCUT2D eigenvalue weighted by Gasteiger charge is 2.19. The van der Waals surface area contributed by atoms with Crippen LogP contribution in [0.5, 0.6) is 5.75 Å². The van der Waals surface area contributed by atoms with Crippen molar-refractivity contribution in [2.24, 2.45) is 0 Å². The van der Waals surface area contributed by atoms with Crippen molar-refractivity contribution in [1.29, 1.82) is 0 Å². The van der Waals surface area contributed by atoms with Crippen molar-refractivity contribution < 1.29 is 14.3 Å². The number of methoxy groups -OCH3 is 1. The summed E-state index contributed by atoms with van der Waals surface area (Å²) >= 11 is 0. The summed E-state index contributed by atoms with van der Waals surface area (Å²) in [5, 5.41) is 0. The zero-order valence-corrected chi connectivity index (χ0v) is 13.4. The molecule has 0 bridgehead atoms. The first-order chi connectivity index (χ1) is 11.8. The van der Waals surface area contributed by atoms with Crippen LogP contribution < -0.4 is 4.74 Å². The van der Waals surface area contributed by atoms with Gasteiger partial charge in [0.15, 0.2) is 6.10 Å². The molecule has 0 aromatic heterocycles. The van der Waals surface area contributed by atoms with E-state index >= 15 is 0 Å². The van der Waals surface area contributed by atoms with Crippen LogP contribution >= 0.6 is 0 Å². The molecule has 0 atom stereocenters. The van der Waals surface area contributed by atoms with Crippen molar-refractivity contribution in [2.45, 2.75) is 6.10 Å².